The number of esters is 1. The highest BCUT2D eigenvalue weighted by Gasteiger charge is 2.31. The van der Waals surface area contributed by atoms with E-state index in [-0.39, 0.29) is 6.42 Å². The van der Waals surface area contributed by atoms with E-state index in [0.717, 1.165) is 24.3 Å². The van der Waals surface area contributed by atoms with Gasteiger partial charge < -0.3 is 4.74 Å². The first-order valence-electron chi connectivity index (χ1n) is 9.04. The minimum absolute atomic E-state index is 0.0581. The second-order valence-electron chi connectivity index (χ2n) is 6.78. The molecule has 0 atom stereocenters. The number of benzene rings is 3. The molecule has 0 radical (unpaired) electrons. The maximum atomic E-state index is 12.9. The fourth-order valence-corrected chi connectivity index (χ4v) is 3.11. The molecule has 0 spiro atoms. The quantitative estimate of drug-likeness (QED) is 0.332. The van der Waals surface area contributed by atoms with Crippen molar-refractivity contribution in [2.45, 2.75) is 18.8 Å². The lowest BCUT2D eigenvalue weighted by atomic mass is 9.91. The topological polar surface area (TPSA) is 26.3 Å². The van der Waals surface area contributed by atoms with Crippen LogP contribution in [0.5, 0.6) is 0 Å². The van der Waals surface area contributed by atoms with Crippen molar-refractivity contribution in [2.24, 2.45) is 0 Å². The van der Waals surface area contributed by atoms with Gasteiger partial charge in [0.2, 0.25) is 0 Å². The molecule has 2 nitrogen and oxygen atoms in total. The zero-order chi connectivity index (χ0) is 22.8. The van der Waals surface area contributed by atoms with Gasteiger partial charge >= 0.3 is 18.3 Å². The highest BCUT2D eigenvalue weighted by Crippen LogP contribution is 2.37. The second kappa shape index (κ2) is 8.45. The number of hydrogen-bond donors (Lipinski definition) is 0. The maximum Gasteiger partial charge on any atom is 0.416 e. The van der Waals surface area contributed by atoms with E-state index in [1.807, 2.05) is 0 Å². The fourth-order valence-electron chi connectivity index (χ4n) is 3.11. The van der Waals surface area contributed by atoms with Gasteiger partial charge in [0, 0.05) is 0 Å². The number of halogens is 6. The lowest BCUT2D eigenvalue weighted by Gasteiger charge is -2.15. The summed E-state index contributed by atoms with van der Waals surface area (Å²) in [7, 11) is 1.23. The molecule has 3 rings (SSSR count). The Balaban J connectivity index is 2.09. The summed E-state index contributed by atoms with van der Waals surface area (Å²) >= 11 is 0. The summed E-state index contributed by atoms with van der Waals surface area (Å²) < 4.78 is 82.0. The summed E-state index contributed by atoms with van der Waals surface area (Å²) in [6.45, 7) is 0. The van der Waals surface area contributed by atoms with Crippen LogP contribution in [0.2, 0.25) is 0 Å². The number of hydrogen-bond acceptors (Lipinski definition) is 2. The largest absolute Gasteiger partial charge is 0.469 e. The van der Waals surface area contributed by atoms with Crippen molar-refractivity contribution in [1.82, 2.24) is 0 Å². The van der Waals surface area contributed by atoms with Crippen LogP contribution in [-0.4, -0.2) is 13.1 Å². The molecule has 0 aromatic heterocycles. The molecule has 0 bridgehead atoms. The monoisotopic (exact) mass is 438 g/mol. The molecule has 3 aromatic carbocycles. The predicted molar refractivity (Wildman–Crippen MR) is 103 cm³/mol. The van der Waals surface area contributed by atoms with Gasteiger partial charge in [-0.05, 0) is 58.1 Å². The maximum absolute atomic E-state index is 12.9. The Bertz CT molecular complexity index is 1070. The molecule has 0 saturated heterocycles. The van der Waals surface area contributed by atoms with E-state index >= 15 is 0 Å². The minimum atomic E-state index is -4.50. The predicted octanol–water partition coefficient (Wildman–Crippen LogP) is 6.77. The zero-order valence-corrected chi connectivity index (χ0v) is 16.1. The van der Waals surface area contributed by atoms with Crippen molar-refractivity contribution >= 4 is 5.97 Å². The Morgan fingerprint density at radius 1 is 0.710 bits per heavy atom. The van der Waals surface area contributed by atoms with E-state index in [1.165, 1.54) is 31.4 Å². The SMILES string of the molecule is COC(=O)Cc1ccc(-c2ccc(C(F)(F)F)cc2)c(-c2ccc(C(F)(F)F)cc2)c1. The molecule has 0 fully saturated rings. The van der Waals surface area contributed by atoms with Crippen LogP contribution in [0.1, 0.15) is 16.7 Å². The van der Waals surface area contributed by atoms with Crippen molar-refractivity contribution in [1.29, 1.82) is 0 Å². The Labute approximate surface area is 174 Å². The third-order valence-electron chi connectivity index (χ3n) is 4.71. The summed E-state index contributed by atoms with van der Waals surface area (Å²) in [5, 5.41) is 0. The van der Waals surface area contributed by atoms with Gasteiger partial charge in [-0.2, -0.15) is 26.3 Å². The standard InChI is InChI=1S/C23H16F6O2/c1-31-21(30)13-14-2-11-19(15-3-7-17(8-4-15)22(24,25)26)20(12-14)16-5-9-18(10-6-16)23(27,28)29/h2-12H,13H2,1H3. The van der Waals surface area contributed by atoms with E-state index in [4.69, 9.17) is 0 Å². The third kappa shape index (κ3) is 5.25. The van der Waals surface area contributed by atoms with Crippen LogP contribution < -0.4 is 0 Å². The number of methoxy groups -OCH3 is 1. The molecule has 0 saturated carbocycles. The summed E-state index contributed by atoms with van der Waals surface area (Å²) in [6.07, 6.45) is -9.04. The molecular weight excluding hydrogens is 422 g/mol. The molecule has 0 aliphatic rings. The number of carbonyl (C=O) groups excluding carboxylic acids is 1. The second-order valence-corrected chi connectivity index (χ2v) is 6.78. The molecule has 0 amide bonds. The Morgan fingerprint density at radius 3 is 1.58 bits per heavy atom. The first kappa shape index (κ1) is 22.4. The van der Waals surface area contributed by atoms with Crippen LogP contribution in [-0.2, 0) is 28.3 Å². The van der Waals surface area contributed by atoms with E-state index in [2.05, 4.69) is 4.74 Å². The number of alkyl halides is 6. The van der Waals surface area contributed by atoms with Crippen molar-refractivity contribution in [3.8, 4) is 22.3 Å². The lowest BCUT2D eigenvalue weighted by Crippen LogP contribution is -2.05. The molecule has 162 valence electrons. The Morgan fingerprint density at radius 2 is 1.16 bits per heavy atom. The van der Waals surface area contributed by atoms with Crippen LogP contribution in [0, 0.1) is 0 Å². The van der Waals surface area contributed by atoms with Crippen LogP contribution in [0.3, 0.4) is 0 Å². The van der Waals surface area contributed by atoms with E-state index in [9.17, 15) is 31.1 Å². The van der Waals surface area contributed by atoms with Gasteiger partial charge in [-0.25, -0.2) is 0 Å². The van der Waals surface area contributed by atoms with Crippen LogP contribution in [0.15, 0.2) is 66.7 Å². The fraction of sp³-hybridized carbons (Fsp3) is 0.174. The van der Waals surface area contributed by atoms with E-state index in [0.29, 0.717) is 27.8 Å². The van der Waals surface area contributed by atoms with Gasteiger partial charge in [-0.1, -0.05) is 36.4 Å². The average Bonchev–Trinajstić information content (AvgIpc) is 2.72. The average molecular weight is 438 g/mol. The minimum Gasteiger partial charge on any atom is -0.469 e. The molecule has 0 unspecified atom stereocenters. The van der Waals surface area contributed by atoms with E-state index < -0.39 is 29.4 Å². The van der Waals surface area contributed by atoms with Gasteiger partial charge in [0.25, 0.3) is 0 Å². The summed E-state index contributed by atoms with van der Waals surface area (Å²) in [4.78, 5) is 11.6. The normalized spacial score (nSPS) is 12.0. The van der Waals surface area contributed by atoms with Crippen molar-refractivity contribution in [2.75, 3.05) is 7.11 Å². The summed E-state index contributed by atoms with van der Waals surface area (Å²) in [5.74, 6) is -0.499. The number of ether oxygens (including phenoxy) is 1. The van der Waals surface area contributed by atoms with Crippen molar-refractivity contribution < 1.29 is 35.9 Å². The smallest absolute Gasteiger partial charge is 0.416 e. The van der Waals surface area contributed by atoms with Crippen LogP contribution in [0.25, 0.3) is 22.3 Å². The van der Waals surface area contributed by atoms with Crippen LogP contribution >= 0.6 is 0 Å². The van der Waals surface area contributed by atoms with E-state index in [1.54, 1.807) is 18.2 Å². The third-order valence-corrected chi connectivity index (χ3v) is 4.71. The Kier molecular flexibility index (Phi) is 6.10. The molecule has 0 heterocycles. The number of rotatable bonds is 4. The van der Waals surface area contributed by atoms with Gasteiger partial charge in [0.1, 0.15) is 0 Å². The highest BCUT2D eigenvalue weighted by atomic mass is 19.4. The molecule has 3 aromatic rings. The Hall–Kier alpha value is -3.29. The van der Waals surface area contributed by atoms with Crippen molar-refractivity contribution in [3.63, 3.8) is 0 Å². The molecular formula is C23H16F6O2. The zero-order valence-electron chi connectivity index (χ0n) is 16.1. The number of carbonyl (C=O) groups is 1. The molecule has 8 heteroatoms. The van der Waals surface area contributed by atoms with Gasteiger partial charge in [-0.15, -0.1) is 0 Å². The molecule has 0 aliphatic heterocycles. The van der Waals surface area contributed by atoms with Crippen molar-refractivity contribution in [3.05, 3.63) is 83.4 Å². The summed E-state index contributed by atoms with van der Waals surface area (Å²) in [5.41, 5.74) is 0.796. The van der Waals surface area contributed by atoms with Gasteiger partial charge in [-0.3, -0.25) is 4.79 Å². The van der Waals surface area contributed by atoms with Gasteiger partial charge in [0.05, 0.1) is 24.7 Å². The van der Waals surface area contributed by atoms with Gasteiger partial charge in [0.15, 0.2) is 0 Å². The summed E-state index contributed by atoms with van der Waals surface area (Å²) in [6, 6.07) is 13.8. The molecule has 0 aliphatic carbocycles. The highest BCUT2D eigenvalue weighted by molar-refractivity contribution is 5.85. The molecule has 0 N–H and O–H groups in total. The first-order chi connectivity index (χ1) is 14.5. The molecule has 31 heavy (non-hydrogen) atoms. The lowest BCUT2D eigenvalue weighted by molar-refractivity contribution is -0.140. The van der Waals surface area contributed by atoms with Crippen LogP contribution in [0.4, 0.5) is 26.3 Å². The first-order valence-corrected chi connectivity index (χ1v) is 9.04.